The highest BCUT2D eigenvalue weighted by Crippen LogP contribution is 2.32. The topological polar surface area (TPSA) is 48.5 Å². The molecule has 0 saturated carbocycles. The largest absolute Gasteiger partial charge is 0.370 e. The Morgan fingerprint density at radius 3 is 2.64 bits per heavy atom. The Hall–Kier alpha value is -2.66. The summed E-state index contributed by atoms with van der Waals surface area (Å²) in [5.41, 5.74) is 7.55. The standard InChI is InChI=1S/C28H36N4O/c1-28(2)7-11-31(12-8-28)20-22-14-23-6-5-21(13-24(23)15-22)17-30-27(33)25-16-26(19-29-18-25)32-9-3-4-10-32/h5-6,13-14,16,18-19H,3-4,7-12,15,17,20H2,1-2H3,(H,30,33). The maximum atomic E-state index is 12.8. The molecule has 1 aliphatic carbocycles. The van der Waals surface area contributed by atoms with Crippen LogP contribution in [0.5, 0.6) is 0 Å². The summed E-state index contributed by atoms with van der Waals surface area (Å²) in [6, 6.07) is 8.57. The minimum absolute atomic E-state index is 0.0594. The number of piperidine rings is 1. The number of carbonyl (C=O) groups excluding carboxylic acids is 1. The summed E-state index contributed by atoms with van der Waals surface area (Å²) in [6.45, 7) is 10.9. The maximum absolute atomic E-state index is 12.8. The van der Waals surface area contributed by atoms with Crippen molar-refractivity contribution < 1.29 is 4.79 Å². The molecule has 3 aliphatic rings. The monoisotopic (exact) mass is 444 g/mol. The van der Waals surface area contributed by atoms with E-state index in [0.717, 1.165) is 37.3 Å². The normalized spacial score (nSPS) is 19.9. The van der Waals surface area contributed by atoms with Crippen molar-refractivity contribution in [3.05, 3.63) is 64.5 Å². The van der Waals surface area contributed by atoms with Gasteiger partial charge in [0.2, 0.25) is 0 Å². The van der Waals surface area contributed by atoms with E-state index in [4.69, 9.17) is 0 Å². The zero-order chi connectivity index (χ0) is 22.8. The third kappa shape index (κ3) is 5.30. The molecule has 0 spiro atoms. The van der Waals surface area contributed by atoms with E-state index >= 15 is 0 Å². The van der Waals surface area contributed by atoms with Crippen molar-refractivity contribution in [3.63, 3.8) is 0 Å². The van der Waals surface area contributed by atoms with E-state index in [0.29, 0.717) is 17.5 Å². The van der Waals surface area contributed by atoms with Crippen molar-refractivity contribution >= 4 is 17.7 Å². The molecule has 1 aromatic carbocycles. The molecule has 2 saturated heterocycles. The summed E-state index contributed by atoms with van der Waals surface area (Å²) in [6.07, 6.45) is 11.9. The van der Waals surface area contributed by atoms with Crippen LogP contribution < -0.4 is 10.2 Å². The molecular weight excluding hydrogens is 408 g/mol. The molecule has 1 aromatic heterocycles. The summed E-state index contributed by atoms with van der Waals surface area (Å²) >= 11 is 0. The number of benzene rings is 1. The van der Waals surface area contributed by atoms with Crippen molar-refractivity contribution in [1.82, 2.24) is 15.2 Å². The summed E-state index contributed by atoms with van der Waals surface area (Å²) in [7, 11) is 0. The average molecular weight is 445 g/mol. The number of rotatable bonds is 6. The Balaban J connectivity index is 1.15. The second kappa shape index (κ2) is 9.30. The van der Waals surface area contributed by atoms with Gasteiger partial charge in [-0.05, 0) is 73.4 Å². The summed E-state index contributed by atoms with van der Waals surface area (Å²) in [5, 5.41) is 3.09. The van der Waals surface area contributed by atoms with Gasteiger partial charge >= 0.3 is 0 Å². The number of nitrogens with zero attached hydrogens (tertiary/aromatic N) is 3. The van der Waals surface area contributed by atoms with Gasteiger partial charge in [0.05, 0.1) is 17.4 Å². The highest BCUT2D eigenvalue weighted by Gasteiger charge is 2.26. The lowest BCUT2D eigenvalue weighted by Gasteiger charge is -2.37. The molecule has 5 rings (SSSR count). The summed E-state index contributed by atoms with van der Waals surface area (Å²) in [5.74, 6) is -0.0594. The Morgan fingerprint density at radius 1 is 1.06 bits per heavy atom. The number of anilines is 1. The minimum Gasteiger partial charge on any atom is -0.370 e. The quantitative estimate of drug-likeness (QED) is 0.703. The third-order valence-electron chi connectivity index (χ3n) is 7.53. The van der Waals surface area contributed by atoms with Gasteiger partial charge in [-0.2, -0.15) is 0 Å². The molecule has 0 unspecified atom stereocenters. The third-order valence-corrected chi connectivity index (χ3v) is 7.53. The van der Waals surface area contributed by atoms with Gasteiger partial charge in [-0.25, -0.2) is 0 Å². The van der Waals surface area contributed by atoms with E-state index in [1.54, 1.807) is 6.20 Å². The van der Waals surface area contributed by atoms with Crippen LogP contribution in [-0.4, -0.2) is 48.5 Å². The first-order valence-electron chi connectivity index (χ1n) is 12.5. The van der Waals surface area contributed by atoms with Crippen LogP contribution in [0.1, 0.15) is 66.6 Å². The number of nitrogens with one attached hydrogen (secondary N) is 1. The number of pyridine rings is 1. The number of likely N-dealkylation sites (tertiary alicyclic amines) is 1. The van der Waals surface area contributed by atoms with Gasteiger partial charge in [0.25, 0.3) is 5.91 Å². The Bertz CT molecular complexity index is 1040. The lowest BCUT2D eigenvalue weighted by molar-refractivity contribution is 0.0950. The first-order valence-corrected chi connectivity index (χ1v) is 12.5. The molecule has 1 amide bonds. The zero-order valence-corrected chi connectivity index (χ0v) is 20.1. The molecule has 0 radical (unpaired) electrons. The average Bonchev–Trinajstić information content (AvgIpc) is 3.48. The van der Waals surface area contributed by atoms with E-state index in [1.165, 1.54) is 55.5 Å². The highest BCUT2D eigenvalue weighted by molar-refractivity contribution is 5.94. The van der Waals surface area contributed by atoms with Crippen LogP contribution in [0, 0.1) is 5.41 Å². The molecular formula is C28H36N4O. The minimum atomic E-state index is -0.0594. The lowest BCUT2D eigenvalue weighted by atomic mass is 9.82. The van der Waals surface area contributed by atoms with Crippen LogP contribution >= 0.6 is 0 Å². The van der Waals surface area contributed by atoms with Crippen molar-refractivity contribution in [2.75, 3.05) is 37.6 Å². The van der Waals surface area contributed by atoms with Crippen molar-refractivity contribution in [1.29, 1.82) is 0 Å². The smallest absolute Gasteiger partial charge is 0.253 e. The molecule has 2 fully saturated rings. The van der Waals surface area contributed by atoms with Crippen LogP contribution in [0.25, 0.3) is 6.08 Å². The number of fused-ring (bicyclic) bond motifs is 1. The van der Waals surface area contributed by atoms with Gasteiger partial charge < -0.3 is 10.2 Å². The van der Waals surface area contributed by atoms with Gasteiger partial charge in [0.15, 0.2) is 0 Å². The Kier molecular flexibility index (Phi) is 6.24. The van der Waals surface area contributed by atoms with Crippen LogP contribution in [0.15, 0.2) is 42.2 Å². The van der Waals surface area contributed by atoms with Gasteiger partial charge in [0.1, 0.15) is 0 Å². The fraction of sp³-hybridized carbons (Fsp3) is 0.500. The second-order valence-corrected chi connectivity index (χ2v) is 10.8. The van der Waals surface area contributed by atoms with Crippen molar-refractivity contribution in [2.24, 2.45) is 5.41 Å². The van der Waals surface area contributed by atoms with Crippen molar-refractivity contribution in [3.8, 4) is 0 Å². The fourth-order valence-electron chi connectivity index (χ4n) is 5.27. The van der Waals surface area contributed by atoms with Crippen LogP contribution in [-0.2, 0) is 13.0 Å². The number of amides is 1. The number of hydrogen-bond donors (Lipinski definition) is 1. The Labute approximate surface area is 197 Å². The summed E-state index contributed by atoms with van der Waals surface area (Å²) in [4.78, 5) is 22.0. The predicted octanol–water partition coefficient (Wildman–Crippen LogP) is 4.67. The van der Waals surface area contributed by atoms with Gasteiger partial charge in [-0.1, -0.05) is 43.7 Å². The Morgan fingerprint density at radius 2 is 1.85 bits per heavy atom. The van der Waals surface area contributed by atoms with Crippen LogP contribution in [0.2, 0.25) is 0 Å². The van der Waals surface area contributed by atoms with Gasteiger partial charge in [-0.15, -0.1) is 0 Å². The molecule has 5 nitrogen and oxygen atoms in total. The molecule has 0 bridgehead atoms. The fourth-order valence-corrected chi connectivity index (χ4v) is 5.27. The zero-order valence-electron chi connectivity index (χ0n) is 20.1. The van der Waals surface area contributed by atoms with Crippen molar-refractivity contribution in [2.45, 2.75) is 52.5 Å². The molecule has 2 aliphatic heterocycles. The van der Waals surface area contributed by atoms with E-state index < -0.39 is 0 Å². The van der Waals surface area contributed by atoms with E-state index in [2.05, 4.69) is 58.2 Å². The number of carbonyl (C=O) groups is 1. The molecule has 1 N–H and O–H groups in total. The van der Waals surface area contributed by atoms with E-state index in [1.807, 2.05) is 12.3 Å². The van der Waals surface area contributed by atoms with Gasteiger partial charge in [-0.3, -0.25) is 14.7 Å². The predicted molar refractivity (Wildman–Crippen MR) is 134 cm³/mol. The van der Waals surface area contributed by atoms with Crippen LogP contribution in [0.3, 0.4) is 0 Å². The molecule has 2 aromatic rings. The van der Waals surface area contributed by atoms with E-state index in [9.17, 15) is 4.79 Å². The molecule has 0 atom stereocenters. The molecule has 5 heteroatoms. The molecule has 3 heterocycles. The first kappa shape index (κ1) is 22.1. The second-order valence-electron chi connectivity index (χ2n) is 10.8. The SMILES string of the molecule is CC1(C)CCN(CC2=Cc3ccc(CNC(=O)c4cncc(N5CCCC5)c4)cc3C2)CC1. The number of aromatic nitrogens is 1. The maximum Gasteiger partial charge on any atom is 0.253 e. The number of hydrogen-bond acceptors (Lipinski definition) is 4. The summed E-state index contributed by atoms with van der Waals surface area (Å²) < 4.78 is 0. The first-order chi connectivity index (χ1) is 15.9. The van der Waals surface area contributed by atoms with Crippen LogP contribution in [0.4, 0.5) is 5.69 Å². The van der Waals surface area contributed by atoms with E-state index in [-0.39, 0.29) is 5.91 Å². The molecule has 174 valence electrons. The highest BCUT2D eigenvalue weighted by atomic mass is 16.1. The van der Waals surface area contributed by atoms with Gasteiger partial charge in [0, 0.05) is 32.4 Å². The lowest BCUT2D eigenvalue weighted by Crippen LogP contribution is -2.38. The molecule has 33 heavy (non-hydrogen) atoms.